The molecule has 0 heterocycles. The predicted molar refractivity (Wildman–Crippen MR) is 290 cm³/mol. The van der Waals surface area contributed by atoms with Gasteiger partial charge in [-0.1, -0.05) is 187 Å². The lowest BCUT2D eigenvalue weighted by molar-refractivity contribution is -0.870. The molecule has 0 aliphatic rings. The molecule has 0 radical (unpaired) electrons. The van der Waals surface area contributed by atoms with Gasteiger partial charge < -0.3 is 28.5 Å². The number of carboxylic acids is 1. The van der Waals surface area contributed by atoms with Crippen LogP contribution in [0, 0.1) is 0 Å². The van der Waals surface area contributed by atoms with Crippen molar-refractivity contribution in [1.29, 1.82) is 0 Å². The highest BCUT2D eigenvalue weighted by molar-refractivity contribution is 5.71. The average molecular weight is 961 g/mol. The van der Waals surface area contributed by atoms with Gasteiger partial charge in [-0.05, 0) is 103 Å². The van der Waals surface area contributed by atoms with Gasteiger partial charge in [0.15, 0.2) is 6.10 Å². The van der Waals surface area contributed by atoms with E-state index < -0.39 is 24.3 Å². The first-order chi connectivity index (χ1) is 33.6. The van der Waals surface area contributed by atoms with Crippen LogP contribution in [0.4, 0.5) is 0 Å². The molecule has 0 amide bonds. The van der Waals surface area contributed by atoms with Crippen molar-refractivity contribution in [2.75, 3.05) is 47.5 Å². The van der Waals surface area contributed by atoms with Crippen molar-refractivity contribution in [3.8, 4) is 0 Å². The summed E-state index contributed by atoms with van der Waals surface area (Å²) in [6, 6.07) is 0. The minimum Gasteiger partial charge on any atom is -0.477 e. The number of unbranched alkanes of at least 4 members (excludes halogenated alkanes) is 12. The fraction of sp³-hybridized carbons (Fsp3) is 0.617. The number of hydrogen-bond donors (Lipinski definition) is 1. The van der Waals surface area contributed by atoms with E-state index in [-0.39, 0.29) is 38.6 Å². The minimum absolute atomic E-state index is 0.171. The Balaban J connectivity index is 4.42. The zero-order chi connectivity index (χ0) is 50.6. The van der Waals surface area contributed by atoms with E-state index in [0.29, 0.717) is 17.4 Å². The van der Waals surface area contributed by atoms with Crippen LogP contribution in [0.25, 0.3) is 0 Å². The topological polar surface area (TPSA) is 108 Å². The van der Waals surface area contributed by atoms with Crippen molar-refractivity contribution in [3.05, 3.63) is 122 Å². The zero-order valence-electron chi connectivity index (χ0n) is 44.2. The van der Waals surface area contributed by atoms with E-state index in [1.165, 1.54) is 38.5 Å². The van der Waals surface area contributed by atoms with E-state index in [9.17, 15) is 19.5 Å². The van der Waals surface area contributed by atoms with Crippen LogP contribution in [0.5, 0.6) is 0 Å². The number of rotatable bonds is 47. The van der Waals surface area contributed by atoms with Gasteiger partial charge in [0.1, 0.15) is 13.2 Å². The Morgan fingerprint density at radius 1 is 0.435 bits per heavy atom. The largest absolute Gasteiger partial charge is 0.477 e. The molecule has 0 saturated heterocycles. The van der Waals surface area contributed by atoms with Gasteiger partial charge >= 0.3 is 17.9 Å². The number of aliphatic carboxylic acids is 1. The summed E-state index contributed by atoms with van der Waals surface area (Å²) in [5, 5.41) is 9.68. The second kappa shape index (κ2) is 50.1. The molecule has 1 N–H and O–H groups in total. The Morgan fingerprint density at radius 2 is 0.783 bits per heavy atom. The Morgan fingerprint density at radius 3 is 1.19 bits per heavy atom. The lowest BCUT2D eigenvalue weighted by Gasteiger charge is -2.25. The van der Waals surface area contributed by atoms with Crippen LogP contribution in [-0.4, -0.2) is 87.4 Å². The number of carbonyl (C=O) groups is 3. The number of esters is 2. The van der Waals surface area contributed by atoms with Gasteiger partial charge in [0.25, 0.3) is 6.29 Å². The third-order valence-electron chi connectivity index (χ3n) is 10.7. The number of carbonyl (C=O) groups excluding carboxylic acids is 2. The lowest BCUT2D eigenvalue weighted by atomic mass is 10.1. The van der Waals surface area contributed by atoms with Crippen LogP contribution < -0.4 is 0 Å². The predicted octanol–water partition coefficient (Wildman–Crippen LogP) is 15.3. The maximum Gasteiger partial charge on any atom is 0.361 e. The number of ether oxygens (including phenoxy) is 4. The molecule has 9 nitrogen and oxygen atoms in total. The number of carboxylic acid groups (broad SMARTS) is 1. The van der Waals surface area contributed by atoms with Crippen molar-refractivity contribution in [1.82, 2.24) is 0 Å². The quantitative estimate of drug-likeness (QED) is 0.0211. The first-order valence-electron chi connectivity index (χ1n) is 26.7. The van der Waals surface area contributed by atoms with E-state index >= 15 is 0 Å². The van der Waals surface area contributed by atoms with Crippen LogP contribution in [0.15, 0.2) is 122 Å². The Kier molecular flexibility index (Phi) is 47.0. The molecular weight excluding hydrogens is 863 g/mol. The molecule has 0 aliphatic carbocycles. The number of allylic oxidation sites excluding steroid dienone is 20. The highest BCUT2D eigenvalue weighted by Crippen LogP contribution is 2.14. The molecule has 390 valence electrons. The smallest absolute Gasteiger partial charge is 0.361 e. The SMILES string of the molecule is CC/C=C\C/C=C\C/C=C\C/C=C\C/C=C\C/C=C\CCCCC(=O)OC(COC(=O)CCCCCCCCCCCC/C=C\C/C=C\C/C=C\C/C=C\CC)COC(OCC[N+](C)(C)C)C(=O)O. The van der Waals surface area contributed by atoms with Gasteiger partial charge in [-0.2, -0.15) is 0 Å². The molecule has 0 aromatic carbocycles. The Hall–Kier alpha value is -4.31. The van der Waals surface area contributed by atoms with Gasteiger partial charge in [0.05, 0.1) is 34.4 Å². The molecule has 0 bridgehead atoms. The molecule has 9 heteroatoms. The maximum absolute atomic E-state index is 12.8. The summed E-state index contributed by atoms with van der Waals surface area (Å²) in [5.41, 5.74) is 0. The van der Waals surface area contributed by atoms with Gasteiger partial charge in [-0.15, -0.1) is 0 Å². The van der Waals surface area contributed by atoms with Gasteiger partial charge in [0.2, 0.25) is 0 Å². The molecule has 0 spiro atoms. The van der Waals surface area contributed by atoms with Crippen molar-refractivity contribution >= 4 is 17.9 Å². The normalized spacial score (nSPS) is 13.8. The molecular formula is C60H98NO8+. The molecule has 0 aromatic rings. The fourth-order valence-corrected chi connectivity index (χ4v) is 6.65. The van der Waals surface area contributed by atoms with Crippen LogP contribution in [0.3, 0.4) is 0 Å². The molecule has 0 aromatic heterocycles. The standard InChI is InChI=1S/C60H97NO8/c1-6-8-10-12-14-16-18-20-22-24-26-28-29-31-32-34-36-38-40-42-44-46-48-50-57(62)67-54-56(55-68-60(59(64)65)66-53-52-61(3,4)5)69-58(63)51-49-47-45-43-41-39-37-35-33-30-27-25-23-21-19-17-15-13-11-9-7-2/h8-11,14-17,20-23,26-28,30,35,37,41,43,56,60H,6-7,12-13,18-19,24-25,29,31-34,36,38-40,42,44-55H2,1-5H3/p+1/b10-8-,11-9-,16-14-,17-15-,22-20-,23-21-,28-26-,30-27-,37-35-,43-41-. The molecule has 0 fully saturated rings. The molecule has 2 atom stereocenters. The van der Waals surface area contributed by atoms with Crippen molar-refractivity contribution < 1.29 is 42.9 Å². The monoisotopic (exact) mass is 961 g/mol. The number of quaternary nitrogens is 1. The average Bonchev–Trinajstić information content (AvgIpc) is 3.31. The van der Waals surface area contributed by atoms with E-state index in [0.717, 1.165) is 109 Å². The minimum atomic E-state index is -1.53. The maximum atomic E-state index is 12.8. The molecule has 69 heavy (non-hydrogen) atoms. The van der Waals surface area contributed by atoms with Gasteiger partial charge in [-0.25, -0.2) is 4.79 Å². The van der Waals surface area contributed by atoms with E-state index in [4.69, 9.17) is 18.9 Å². The Bertz CT molecular complexity index is 1540. The van der Waals surface area contributed by atoms with E-state index in [1.807, 2.05) is 21.1 Å². The fourth-order valence-electron chi connectivity index (χ4n) is 6.65. The first-order valence-corrected chi connectivity index (χ1v) is 26.7. The summed E-state index contributed by atoms with van der Waals surface area (Å²) in [4.78, 5) is 37.3. The second-order valence-electron chi connectivity index (χ2n) is 18.4. The van der Waals surface area contributed by atoms with Gasteiger partial charge in [-0.3, -0.25) is 9.59 Å². The summed E-state index contributed by atoms with van der Waals surface area (Å²) in [5.74, 6) is -2.09. The summed E-state index contributed by atoms with van der Waals surface area (Å²) < 4.78 is 22.8. The van der Waals surface area contributed by atoms with E-state index in [1.54, 1.807) is 0 Å². The molecule has 2 unspecified atom stereocenters. The lowest BCUT2D eigenvalue weighted by Crippen LogP contribution is -2.40. The summed E-state index contributed by atoms with van der Waals surface area (Å²) in [6.45, 7) is 4.57. The molecule has 0 rings (SSSR count). The highest BCUT2D eigenvalue weighted by Gasteiger charge is 2.25. The highest BCUT2D eigenvalue weighted by atomic mass is 16.7. The van der Waals surface area contributed by atoms with Crippen LogP contribution in [-0.2, 0) is 33.3 Å². The molecule has 0 saturated carbocycles. The summed E-state index contributed by atoms with van der Waals surface area (Å²) in [7, 11) is 5.94. The van der Waals surface area contributed by atoms with E-state index in [2.05, 4.69) is 135 Å². The summed E-state index contributed by atoms with van der Waals surface area (Å²) in [6.07, 6.45) is 67.0. The van der Waals surface area contributed by atoms with Crippen molar-refractivity contribution in [3.63, 3.8) is 0 Å². The zero-order valence-corrected chi connectivity index (χ0v) is 44.2. The second-order valence-corrected chi connectivity index (χ2v) is 18.4. The van der Waals surface area contributed by atoms with Crippen LogP contribution in [0.2, 0.25) is 0 Å². The summed E-state index contributed by atoms with van der Waals surface area (Å²) >= 11 is 0. The van der Waals surface area contributed by atoms with Crippen LogP contribution in [0.1, 0.15) is 181 Å². The third kappa shape index (κ3) is 51.4. The molecule has 0 aliphatic heterocycles. The van der Waals surface area contributed by atoms with Crippen molar-refractivity contribution in [2.45, 2.75) is 193 Å². The van der Waals surface area contributed by atoms with Gasteiger partial charge in [0, 0.05) is 12.8 Å². The third-order valence-corrected chi connectivity index (χ3v) is 10.7. The first kappa shape index (κ1) is 64.7. The Labute approximate surface area is 421 Å². The number of likely N-dealkylation sites (N-methyl/N-ethyl adjacent to an activating group) is 1. The van der Waals surface area contributed by atoms with Crippen molar-refractivity contribution in [2.24, 2.45) is 0 Å². The number of nitrogens with zero attached hydrogens (tertiary/aromatic N) is 1. The number of hydrogen-bond acceptors (Lipinski definition) is 7. The van der Waals surface area contributed by atoms with Crippen LogP contribution >= 0.6 is 0 Å².